The van der Waals surface area contributed by atoms with E-state index in [-0.39, 0.29) is 18.2 Å². The predicted octanol–water partition coefficient (Wildman–Crippen LogP) is 2.48. The Bertz CT molecular complexity index is 429. The molecule has 1 saturated carbocycles. The summed E-state index contributed by atoms with van der Waals surface area (Å²) in [4.78, 5) is 2.37. The van der Waals surface area contributed by atoms with E-state index in [1.54, 1.807) is 0 Å². The number of hydrogen-bond acceptors (Lipinski definition) is 3. The molecular formula is C17H28N2O. The zero-order valence-electron chi connectivity index (χ0n) is 12.9. The fourth-order valence-electron chi connectivity index (χ4n) is 3.28. The van der Waals surface area contributed by atoms with E-state index in [0.717, 1.165) is 25.8 Å². The van der Waals surface area contributed by atoms with Crippen LogP contribution in [-0.4, -0.2) is 35.7 Å². The molecule has 0 radical (unpaired) electrons. The topological polar surface area (TPSA) is 49.5 Å². The molecule has 1 aromatic rings. The Hall–Kier alpha value is -0.900. The molecule has 3 nitrogen and oxygen atoms in total. The number of aryl methyl sites for hydroxylation is 1. The average molecular weight is 276 g/mol. The molecule has 1 aromatic carbocycles. The first-order valence-corrected chi connectivity index (χ1v) is 7.71. The van der Waals surface area contributed by atoms with Crippen LogP contribution in [0.15, 0.2) is 24.3 Å². The Morgan fingerprint density at radius 3 is 2.65 bits per heavy atom. The van der Waals surface area contributed by atoms with E-state index in [1.165, 1.54) is 11.1 Å². The number of benzene rings is 1. The number of rotatable bonds is 6. The van der Waals surface area contributed by atoms with Gasteiger partial charge in [-0.2, -0.15) is 0 Å². The third kappa shape index (κ3) is 3.60. The van der Waals surface area contributed by atoms with Gasteiger partial charge in [0.15, 0.2) is 0 Å². The standard InChI is InChI=1S/C17H28N2O/c1-4-16(18)17(14-7-5-6-12(2)8-14)19(3)11-13-9-15(20)10-13/h5-8,13,15-17,20H,4,9-11,18H2,1-3H3. The van der Waals surface area contributed by atoms with Crippen molar-refractivity contribution in [3.05, 3.63) is 35.4 Å². The number of aliphatic hydroxyl groups is 1. The van der Waals surface area contributed by atoms with Crippen LogP contribution in [0.25, 0.3) is 0 Å². The fraction of sp³-hybridized carbons (Fsp3) is 0.647. The van der Waals surface area contributed by atoms with Crippen molar-refractivity contribution < 1.29 is 5.11 Å². The molecule has 0 amide bonds. The van der Waals surface area contributed by atoms with Crippen LogP contribution >= 0.6 is 0 Å². The van der Waals surface area contributed by atoms with Gasteiger partial charge in [-0.15, -0.1) is 0 Å². The third-order valence-electron chi connectivity index (χ3n) is 4.49. The van der Waals surface area contributed by atoms with E-state index in [1.807, 2.05) is 0 Å². The highest BCUT2D eigenvalue weighted by Crippen LogP contribution is 2.31. The molecule has 1 aliphatic carbocycles. The summed E-state index contributed by atoms with van der Waals surface area (Å²) in [5.41, 5.74) is 8.96. The first-order valence-electron chi connectivity index (χ1n) is 7.71. The molecule has 2 unspecified atom stereocenters. The maximum atomic E-state index is 9.44. The number of hydrogen-bond donors (Lipinski definition) is 2. The van der Waals surface area contributed by atoms with Gasteiger partial charge >= 0.3 is 0 Å². The van der Waals surface area contributed by atoms with E-state index >= 15 is 0 Å². The highest BCUT2D eigenvalue weighted by Gasteiger charge is 2.31. The first-order chi connectivity index (χ1) is 9.51. The van der Waals surface area contributed by atoms with Crippen LogP contribution < -0.4 is 5.73 Å². The molecule has 112 valence electrons. The van der Waals surface area contributed by atoms with Crippen LogP contribution in [-0.2, 0) is 0 Å². The van der Waals surface area contributed by atoms with Gasteiger partial charge in [0.05, 0.1) is 6.10 Å². The molecule has 1 fully saturated rings. The SMILES string of the molecule is CCC(N)C(c1cccc(C)c1)N(C)CC1CC(O)C1. The van der Waals surface area contributed by atoms with Gasteiger partial charge in [-0.3, -0.25) is 4.90 Å². The van der Waals surface area contributed by atoms with Gasteiger partial charge in [0, 0.05) is 18.6 Å². The molecule has 0 aromatic heterocycles. The van der Waals surface area contributed by atoms with Crippen molar-refractivity contribution in [2.75, 3.05) is 13.6 Å². The quantitative estimate of drug-likeness (QED) is 0.839. The summed E-state index contributed by atoms with van der Waals surface area (Å²) in [5.74, 6) is 0.617. The molecule has 0 saturated heterocycles. The number of nitrogens with two attached hydrogens (primary N) is 1. The van der Waals surface area contributed by atoms with Crippen LogP contribution in [0.2, 0.25) is 0 Å². The van der Waals surface area contributed by atoms with E-state index in [2.05, 4.69) is 50.1 Å². The van der Waals surface area contributed by atoms with Crippen molar-refractivity contribution in [3.63, 3.8) is 0 Å². The summed E-state index contributed by atoms with van der Waals surface area (Å²) in [6, 6.07) is 9.07. The lowest BCUT2D eigenvalue weighted by atomic mass is 9.81. The molecule has 20 heavy (non-hydrogen) atoms. The average Bonchev–Trinajstić information content (AvgIpc) is 2.37. The second-order valence-corrected chi connectivity index (χ2v) is 6.36. The summed E-state index contributed by atoms with van der Waals surface area (Å²) in [6.45, 7) is 5.29. The summed E-state index contributed by atoms with van der Waals surface area (Å²) in [6.07, 6.45) is 2.76. The van der Waals surface area contributed by atoms with Gasteiger partial charge < -0.3 is 10.8 Å². The Morgan fingerprint density at radius 1 is 1.40 bits per heavy atom. The minimum atomic E-state index is -0.0781. The van der Waals surface area contributed by atoms with Crippen LogP contribution in [0.4, 0.5) is 0 Å². The zero-order chi connectivity index (χ0) is 14.7. The fourth-order valence-corrected chi connectivity index (χ4v) is 3.28. The van der Waals surface area contributed by atoms with Crippen LogP contribution in [0.1, 0.15) is 43.4 Å². The molecule has 0 heterocycles. The summed E-state index contributed by atoms with van der Waals surface area (Å²) in [7, 11) is 2.16. The summed E-state index contributed by atoms with van der Waals surface area (Å²) < 4.78 is 0. The highest BCUT2D eigenvalue weighted by molar-refractivity contribution is 5.26. The second kappa shape index (κ2) is 6.70. The molecule has 0 spiro atoms. The van der Waals surface area contributed by atoms with Crippen molar-refractivity contribution in [2.45, 2.75) is 51.3 Å². The normalized spacial score (nSPS) is 25.3. The number of likely N-dealkylation sites (N-methyl/N-ethyl adjacent to an activating group) is 1. The maximum absolute atomic E-state index is 9.44. The zero-order valence-corrected chi connectivity index (χ0v) is 12.9. The van der Waals surface area contributed by atoms with Crippen molar-refractivity contribution in [1.29, 1.82) is 0 Å². The Balaban J connectivity index is 2.10. The van der Waals surface area contributed by atoms with Gasteiger partial charge in [-0.1, -0.05) is 36.8 Å². The molecule has 0 aliphatic heterocycles. The Morgan fingerprint density at radius 2 is 2.10 bits per heavy atom. The minimum Gasteiger partial charge on any atom is -0.393 e. The molecule has 2 atom stereocenters. The monoisotopic (exact) mass is 276 g/mol. The molecule has 1 aliphatic rings. The molecule has 2 rings (SSSR count). The van der Waals surface area contributed by atoms with Crippen molar-refractivity contribution in [1.82, 2.24) is 4.90 Å². The van der Waals surface area contributed by atoms with E-state index in [9.17, 15) is 5.11 Å². The highest BCUT2D eigenvalue weighted by atomic mass is 16.3. The minimum absolute atomic E-state index is 0.0781. The lowest BCUT2D eigenvalue weighted by Gasteiger charge is -2.39. The third-order valence-corrected chi connectivity index (χ3v) is 4.49. The Labute approximate surface area is 122 Å². The van der Waals surface area contributed by atoms with Crippen LogP contribution in [0.3, 0.4) is 0 Å². The lowest BCUT2D eigenvalue weighted by Crippen LogP contribution is -2.44. The molecule has 3 N–H and O–H groups in total. The summed E-state index contributed by atoms with van der Waals surface area (Å²) >= 11 is 0. The lowest BCUT2D eigenvalue weighted by molar-refractivity contribution is 0.0197. The number of aliphatic hydroxyl groups excluding tert-OH is 1. The molecular weight excluding hydrogens is 248 g/mol. The first kappa shape index (κ1) is 15.5. The largest absolute Gasteiger partial charge is 0.393 e. The predicted molar refractivity (Wildman–Crippen MR) is 83.5 cm³/mol. The smallest absolute Gasteiger partial charge is 0.0546 e. The van der Waals surface area contributed by atoms with Crippen LogP contribution in [0, 0.1) is 12.8 Å². The Kier molecular flexibility index (Phi) is 5.19. The van der Waals surface area contributed by atoms with E-state index < -0.39 is 0 Å². The molecule has 3 heteroatoms. The van der Waals surface area contributed by atoms with Crippen molar-refractivity contribution >= 4 is 0 Å². The van der Waals surface area contributed by atoms with Gasteiger partial charge in [0.1, 0.15) is 0 Å². The summed E-state index contributed by atoms with van der Waals surface area (Å²) in [5, 5.41) is 9.44. The van der Waals surface area contributed by atoms with Gasteiger partial charge in [0.2, 0.25) is 0 Å². The van der Waals surface area contributed by atoms with Gasteiger partial charge in [0.25, 0.3) is 0 Å². The van der Waals surface area contributed by atoms with Gasteiger partial charge in [-0.25, -0.2) is 0 Å². The van der Waals surface area contributed by atoms with Crippen molar-refractivity contribution in [3.8, 4) is 0 Å². The van der Waals surface area contributed by atoms with Crippen LogP contribution in [0.5, 0.6) is 0 Å². The number of nitrogens with zero attached hydrogens (tertiary/aromatic N) is 1. The van der Waals surface area contributed by atoms with E-state index in [0.29, 0.717) is 5.92 Å². The van der Waals surface area contributed by atoms with Crippen molar-refractivity contribution in [2.24, 2.45) is 11.7 Å². The van der Waals surface area contributed by atoms with Gasteiger partial charge in [-0.05, 0) is 44.7 Å². The maximum Gasteiger partial charge on any atom is 0.0546 e. The second-order valence-electron chi connectivity index (χ2n) is 6.36. The van der Waals surface area contributed by atoms with E-state index in [4.69, 9.17) is 5.73 Å². The molecule has 0 bridgehead atoms.